The van der Waals surface area contributed by atoms with Gasteiger partial charge in [-0.25, -0.2) is 0 Å². The minimum atomic E-state index is -4.09. The predicted octanol–water partition coefficient (Wildman–Crippen LogP) is 3.22. The second-order valence-corrected chi connectivity index (χ2v) is 4.36. The maximum Gasteiger partial charge on any atom is 0.401 e. The van der Waals surface area contributed by atoms with Crippen molar-refractivity contribution in [2.45, 2.75) is 25.4 Å². The van der Waals surface area contributed by atoms with Crippen LogP contribution in [-0.2, 0) is 6.42 Å². The number of aryl methyl sites for hydroxylation is 1. The van der Waals surface area contributed by atoms with Gasteiger partial charge in [-0.15, -0.1) is 11.3 Å². The van der Waals surface area contributed by atoms with Gasteiger partial charge in [0.15, 0.2) is 0 Å². The summed E-state index contributed by atoms with van der Waals surface area (Å²) < 4.78 is 35.2. The molecule has 1 aromatic rings. The zero-order chi connectivity index (χ0) is 11.1. The van der Waals surface area contributed by atoms with Gasteiger partial charge in [0.25, 0.3) is 0 Å². The molecular formula is C10H14F3NS. The van der Waals surface area contributed by atoms with Crippen LogP contribution >= 0.6 is 11.3 Å². The molecule has 0 unspecified atom stereocenters. The van der Waals surface area contributed by atoms with Gasteiger partial charge in [-0.1, -0.05) is 6.07 Å². The summed E-state index contributed by atoms with van der Waals surface area (Å²) in [6, 6.07) is 4.04. The summed E-state index contributed by atoms with van der Waals surface area (Å²) in [5.41, 5.74) is 0. The highest BCUT2D eigenvalue weighted by atomic mass is 32.1. The van der Waals surface area contributed by atoms with E-state index in [1.807, 2.05) is 17.5 Å². The van der Waals surface area contributed by atoms with Crippen LogP contribution in [0.4, 0.5) is 13.2 Å². The average Bonchev–Trinajstić information content (AvgIpc) is 2.61. The fraction of sp³-hybridized carbons (Fsp3) is 0.600. The highest BCUT2D eigenvalue weighted by Gasteiger charge is 2.25. The topological polar surface area (TPSA) is 12.0 Å². The number of nitrogens with one attached hydrogen (secondary N) is 1. The van der Waals surface area contributed by atoms with Crippen molar-refractivity contribution >= 4 is 11.3 Å². The number of alkyl halides is 3. The van der Waals surface area contributed by atoms with E-state index in [4.69, 9.17) is 0 Å². The second-order valence-electron chi connectivity index (χ2n) is 3.33. The summed E-state index contributed by atoms with van der Waals surface area (Å²) in [6.07, 6.45) is -1.40. The summed E-state index contributed by atoms with van der Waals surface area (Å²) in [7, 11) is 0. The predicted molar refractivity (Wildman–Crippen MR) is 56.2 cm³/mol. The van der Waals surface area contributed by atoms with E-state index >= 15 is 0 Å². The lowest BCUT2D eigenvalue weighted by molar-refractivity contribution is -0.124. The Hall–Kier alpha value is -0.550. The Morgan fingerprint density at radius 1 is 1.27 bits per heavy atom. The third-order valence-electron chi connectivity index (χ3n) is 1.93. The molecule has 1 aromatic heterocycles. The largest absolute Gasteiger partial charge is 0.401 e. The molecular weight excluding hydrogens is 223 g/mol. The first-order valence-corrected chi connectivity index (χ1v) is 5.76. The molecule has 0 radical (unpaired) electrons. The summed E-state index contributed by atoms with van der Waals surface area (Å²) in [5, 5.41) is 4.39. The molecule has 5 heteroatoms. The SMILES string of the molecule is FC(F)(F)CNCCCCc1cccs1. The monoisotopic (exact) mass is 237 g/mol. The molecule has 86 valence electrons. The van der Waals surface area contributed by atoms with E-state index in [-0.39, 0.29) is 0 Å². The molecule has 0 fully saturated rings. The summed E-state index contributed by atoms with van der Waals surface area (Å²) in [5.74, 6) is 0. The van der Waals surface area contributed by atoms with E-state index in [2.05, 4.69) is 5.32 Å². The lowest BCUT2D eigenvalue weighted by Gasteiger charge is -2.07. The first kappa shape index (κ1) is 12.5. The molecule has 0 amide bonds. The van der Waals surface area contributed by atoms with Gasteiger partial charge < -0.3 is 5.32 Å². The van der Waals surface area contributed by atoms with Crippen molar-refractivity contribution in [3.8, 4) is 0 Å². The van der Waals surface area contributed by atoms with Crippen molar-refractivity contribution in [3.05, 3.63) is 22.4 Å². The third kappa shape index (κ3) is 6.52. The molecule has 0 saturated heterocycles. The molecule has 1 heterocycles. The highest BCUT2D eigenvalue weighted by molar-refractivity contribution is 7.09. The Morgan fingerprint density at radius 3 is 2.67 bits per heavy atom. The Balaban J connectivity index is 1.94. The van der Waals surface area contributed by atoms with Crippen molar-refractivity contribution in [1.29, 1.82) is 0 Å². The minimum Gasteiger partial charge on any atom is -0.309 e. The first-order chi connectivity index (χ1) is 7.08. The van der Waals surface area contributed by atoms with Gasteiger partial charge in [-0.2, -0.15) is 13.2 Å². The molecule has 0 spiro atoms. The molecule has 0 atom stereocenters. The van der Waals surface area contributed by atoms with Crippen LogP contribution in [0.3, 0.4) is 0 Å². The highest BCUT2D eigenvalue weighted by Crippen LogP contribution is 2.13. The Morgan fingerprint density at radius 2 is 2.07 bits per heavy atom. The van der Waals surface area contributed by atoms with Crippen LogP contribution in [0.1, 0.15) is 17.7 Å². The van der Waals surface area contributed by atoms with E-state index in [0.717, 1.165) is 19.3 Å². The summed E-state index contributed by atoms with van der Waals surface area (Å²) in [6.45, 7) is -0.448. The summed E-state index contributed by atoms with van der Waals surface area (Å²) >= 11 is 1.69. The summed E-state index contributed by atoms with van der Waals surface area (Å²) in [4.78, 5) is 1.30. The van der Waals surface area contributed by atoms with Gasteiger partial charge in [-0.05, 0) is 37.3 Å². The van der Waals surface area contributed by atoms with E-state index < -0.39 is 12.7 Å². The molecule has 1 nitrogen and oxygen atoms in total. The maximum atomic E-state index is 11.7. The number of thiophene rings is 1. The molecule has 0 aliphatic heterocycles. The van der Waals surface area contributed by atoms with Crippen molar-refractivity contribution in [1.82, 2.24) is 5.32 Å². The Kier molecular flexibility index (Phi) is 5.11. The normalized spacial score (nSPS) is 11.9. The molecule has 0 saturated carbocycles. The first-order valence-electron chi connectivity index (χ1n) is 4.88. The fourth-order valence-corrected chi connectivity index (χ4v) is 1.99. The third-order valence-corrected chi connectivity index (χ3v) is 2.87. The molecule has 0 aliphatic rings. The molecule has 15 heavy (non-hydrogen) atoms. The molecule has 1 N–H and O–H groups in total. The molecule has 1 rings (SSSR count). The Labute approximate surface area is 91.3 Å². The van der Waals surface area contributed by atoms with Gasteiger partial charge in [-0.3, -0.25) is 0 Å². The zero-order valence-corrected chi connectivity index (χ0v) is 9.13. The van der Waals surface area contributed by atoms with Crippen LogP contribution in [0, 0.1) is 0 Å². The van der Waals surface area contributed by atoms with E-state index in [1.54, 1.807) is 11.3 Å². The zero-order valence-electron chi connectivity index (χ0n) is 8.31. The van der Waals surface area contributed by atoms with Crippen LogP contribution in [0.5, 0.6) is 0 Å². The fourth-order valence-electron chi connectivity index (χ4n) is 1.23. The second kappa shape index (κ2) is 6.12. The van der Waals surface area contributed by atoms with Gasteiger partial charge in [0.05, 0.1) is 6.54 Å². The number of hydrogen-bond acceptors (Lipinski definition) is 2. The van der Waals surface area contributed by atoms with Crippen molar-refractivity contribution < 1.29 is 13.2 Å². The quantitative estimate of drug-likeness (QED) is 0.749. The van der Waals surface area contributed by atoms with Gasteiger partial charge in [0.2, 0.25) is 0 Å². The van der Waals surface area contributed by atoms with Gasteiger partial charge >= 0.3 is 6.18 Å². The maximum absolute atomic E-state index is 11.7. The molecule has 0 aliphatic carbocycles. The average molecular weight is 237 g/mol. The minimum absolute atomic E-state index is 0.435. The van der Waals surface area contributed by atoms with Crippen LogP contribution in [0.2, 0.25) is 0 Å². The standard InChI is InChI=1S/C10H14F3NS/c11-10(12,13)8-14-6-2-1-4-9-5-3-7-15-9/h3,5,7,14H,1-2,4,6,8H2. The lowest BCUT2D eigenvalue weighted by atomic mass is 10.2. The van der Waals surface area contributed by atoms with Gasteiger partial charge in [0, 0.05) is 4.88 Å². The number of rotatable bonds is 6. The number of halogens is 3. The number of unbranched alkanes of at least 4 members (excludes halogenated alkanes) is 1. The smallest absolute Gasteiger partial charge is 0.309 e. The van der Waals surface area contributed by atoms with Crippen molar-refractivity contribution in [2.24, 2.45) is 0 Å². The van der Waals surface area contributed by atoms with Crippen LogP contribution < -0.4 is 5.32 Å². The van der Waals surface area contributed by atoms with E-state index in [1.165, 1.54) is 4.88 Å². The van der Waals surface area contributed by atoms with E-state index in [0.29, 0.717) is 6.54 Å². The van der Waals surface area contributed by atoms with Gasteiger partial charge in [0.1, 0.15) is 0 Å². The number of hydrogen-bond donors (Lipinski definition) is 1. The van der Waals surface area contributed by atoms with Crippen LogP contribution in [0.15, 0.2) is 17.5 Å². The van der Waals surface area contributed by atoms with Crippen molar-refractivity contribution in [2.75, 3.05) is 13.1 Å². The van der Waals surface area contributed by atoms with Crippen molar-refractivity contribution in [3.63, 3.8) is 0 Å². The van der Waals surface area contributed by atoms with Crippen LogP contribution in [0.25, 0.3) is 0 Å². The van der Waals surface area contributed by atoms with Crippen LogP contribution in [-0.4, -0.2) is 19.3 Å². The Bertz CT molecular complexity index is 256. The van der Waals surface area contributed by atoms with E-state index in [9.17, 15) is 13.2 Å². The molecule has 0 bridgehead atoms. The lowest BCUT2D eigenvalue weighted by Crippen LogP contribution is -2.29. The molecule has 0 aromatic carbocycles.